The number of carbonyl (C=O) groups excluding carboxylic acids is 1. The van der Waals surface area contributed by atoms with E-state index in [0.717, 1.165) is 16.7 Å². The topological polar surface area (TPSA) is 76.1 Å². The first-order valence-electron chi connectivity index (χ1n) is 7.28. The van der Waals surface area contributed by atoms with Crippen molar-refractivity contribution < 1.29 is 9.53 Å². The van der Waals surface area contributed by atoms with Gasteiger partial charge in [-0.2, -0.15) is 0 Å². The largest absolute Gasteiger partial charge is 0.444 e. The molecule has 0 saturated heterocycles. The van der Waals surface area contributed by atoms with Gasteiger partial charge in [0.05, 0.1) is 11.0 Å². The first kappa shape index (κ1) is 16.0. The Balaban J connectivity index is 1.88. The lowest BCUT2D eigenvalue weighted by molar-refractivity contribution is 0.0526. The first-order valence-corrected chi connectivity index (χ1v) is 7.28. The third-order valence-electron chi connectivity index (χ3n) is 2.83. The van der Waals surface area contributed by atoms with Crippen molar-refractivity contribution in [3.05, 3.63) is 30.6 Å². The Kier molecular flexibility index (Phi) is 4.80. The average molecular weight is 302 g/mol. The van der Waals surface area contributed by atoms with Crippen molar-refractivity contribution >= 4 is 22.8 Å². The van der Waals surface area contributed by atoms with E-state index in [1.807, 2.05) is 45.9 Å². The van der Waals surface area contributed by atoms with Crippen LogP contribution in [0.2, 0.25) is 0 Å². The molecule has 1 aromatic heterocycles. The summed E-state index contributed by atoms with van der Waals surface area (Å²) in [6.45, 7) is 7.96. The second kappa shape index (κ2) is 6.60. The smallest absolute Gasteiger partial charge is 0.407 e. The van der Waals surface area contributed by atoms with E-state index in [2.05, 4.69) is 20.6 Å². The molecule has 0 aliphatic carbocycles. The van der Waals surface area contributed by atoms with Crippen LogP contribution in [0.4, 0.5) is 10.5 Å². The fraction of sp³-hybridized carbons (Fsp3) is 0.438. The number of nitrogens with one attached hydrogen (secondary N) is 2. The molecular weight excluding hydrogens is 280 g/mol. The van der Waals surface area contributed by atoms with E-state index in [1.165, 1.54) is 0 Å². The number of benzene rings is 1. The van der Waals surface area contributed by atoms with E-state index >= 15 is 0 Å². The Bertz CT molecular complexity index is 652. The van der Waals surface area contributed by atoms with Crippen LogP contribution < -0.4 is 10.6 Å². The molecule has 1 amide bonds. The number of hydrogen-bond donors (Lipinski definition) is 2. The minimum atomic E-state index is -0.488. The zero-order chi connectivity index (χ0) is 16.2. The van der Waals surface area contributed by atoms with E-state index in [9.17, 15) is 4.79 Å². The van der Waals surface area contributed by atoms with E-state index < -0.39 is 11.7 Å². The monoisotopic (exact) mass is 302 g/mol. The molecule has 118 valence electrons. The predicted molar refractivity (Wildman–Crippen MR) is 86.9 cm³/mol. The molecule has 6 heteroatoms. The Morgan fingerprint density at radius 1 is 1.23 bits per heavy atom. The van der Waals surface area contributed by atoms with Gasteiger partial charge in [0.15, 0.2) is 0 Å². The SMILES string of the molecule is CC(CNC(=O)OC(C)(C)C)Nc1ccc2nccnc2c1. The molecule has 0 aliphatic rings. The summed E-state index contributed by atoms with van der Waals surface area (Å²) in [4.78, 5) is 20.1. The van der Waals surface area contributed by atoms with E-state index in [0.29, 0.717) is 6.54 Å². The highest BCUT2D eigenvalue weighted by Crippen LogP contribution is 2.15. The van der Waals surface area contributed by atoms with Crippen molar-refractivity contribution in [1.29, 1.82) is 0 Å². The normalized spacial score (nSPS) is 12.7. The second-order valence-corrected chi connectivity index (χ2v) is 6.19. The van der Waals surface area contributed by atoms with E-state index in [-0.39, 0.29) is 6.04 Å². The van der Waals surface area contributed by atoms with Crippen molar-refractivity contribution in [2.75, 3.05) is 11.9 Å². The molecule has 0 bridgehead atoms. The van der Waals surface area contributed by atoms with Crippen LogP contribution in [0.25, 0.3) is 11.0 Å². The summed E-state index contributed by atoms with van der Waals surface area (Å²) in [5, 5.41) is 6.06. The lowest BCUT2D eigenvalue weighted by atomic mass is 10.2. The number of hydrogen-bond acceptors (Lipinski definition) is 5. The van der Waals surface area contributed by atoms with Gasteiger partial charge in [0.25, 0.3) is 0 Å². The number of ether oxygens (including phenoxy) is 1. The third-order valence-corrected chi connectivity index (χ3v) is 2.83. The fourth-order valence-electron chi connectivity index (χ4n) is 1.94. The van der Waals surface area contributed by atoms with Gasteiger partial charge in [-0.3, -0.25) is 9.97 Å². The number of alkyl carbamates (subject to hydrolysis) is 1. The maximum atomic E-state index is 11.6. The highest BCUT2D eigenvalue weighted by molar-refractivity contribution is 5.78. The Labute approximate surface area is 130 Å². The minimum absolute atomic E-state index is 0.0571. The van der Waals surface area contributed by atoms with Crippen molar-refractivity contribution in [2.24, 2.45) is 0 Å². The summed E-state index contributed by atoms with van der Waals surface area (Å²) in [5.41, 5.74) is 2.14. The van der Waals surface area contributed by atoms with Crippen LogP contribution in [-0.2, 0) is 4.74 Å². The molecule has 0 spiro atoms. The zero-order valence-corrected chi connectivity index (χ0v) is 13.4. The fourth-order valence-corrected chi connectivity index (χ4v) is 1.94. The number of aromatic nitrogens is 2. The van der Waals surface area contributed by atoms with Crippen molar-refractivity contribution in [1.82, 2.24) is 15.3 Å². The maximum Gasteiger partial charge on any atom is 0.407 e. The molecule has 1 atom stereocenters. The zero-order valence-electron chi connectivity index (χ0n) is 13.4. The molecule has 2 N–H and O–H groups in total. The molecule has 0 aliphatic heterocycles. The summed E-state index contributed by atoms with van der Waals surface area (Å²) >= 11 is 0. The van der Waals surface area contributed by atoms with Gasteiger partial charge in [-0.25, -0.2) is 4.79 Å². The van der Waals surface area contributed by atoms with Crippen LogP contribution in [0.5, 0.6) is 0 Å². The Hall–Kier alpha value is -2.37. The number of anilines is 1. The van der Waals surface area contributed by atoms with Gasteiger partial charge in [-0.1, -0.05) is 0 Å². The summed E-state index contributed by atoms with van der Waals surface area (Å²) in [7, 11) is 0. The molecule has 0 saturated carbocycles. The van der Waals surface area contributed by atoms with Crippen LogP contribution in [-0.4, -0.2) is 34.2 Å². The molecule has 1 aromatic carbocycles. The van der Waals surface area contributed by atoms with Crippen LogP contribution >= 0.6 is 0 Å². The van der Waals surface area contributed by atoms with Crippen LogP contribution in [0.3, 0.4) is 0 Å². The lowest BCUT2D eigenvalue weighted by Gasteiger charge is -2.21. The summed E-state index contributed by atoms with van der Waals surface area (Å²) < 4.78 is 5.20. The molecule has 2 aromatic rings. The number of carbonyl (C=O) groups is 1. The molecular formula is C16H22N4O2. The van der Waals surface area contributed by atoms with E-state index in [4.69, 9.17) is 4.74 Å². The van der Waals surface area contributed by atoms with Gasteiger partial charge in [-0.15, -0.1) is 0 Å². The standard InChI is InChI=1S/C16H22N4O2/c1-11(10-19-15(21)22-16(2,3)4)20-12-5-6-13-14(9-12)18-8-7-17-13/h5-9,11,20H,10H2,1-4H3,(H,19,21). The maximum absolute atomic E-state index is 11.6. The van der Waals surface area contributed by atoms with Crippen molar-refractivity contribution in [2.45, 2.75) is 39.3 Å². The Morgan fingerprint density at radius 2 is 1.91 bits per heavy atom. The number of rotatable bonds is 4. The summed E-state index contributed by atoms with van der Waals surface area (Å²) in [6.07, 6.45) is 2.92. The predicted octanol–water partition coefficient (Wildman–Crippen LogP) is 2.95. The highest BCUT2D eigenvalue weighted by atomic mass is 16.6. The van der Waals surface area contributed by atoms with Crippen molar-refractivity contribution in [3.63, 3.8) is 0 Å². The van der Waals surface area contributed by atoms with Crippen LogP contribution in [0.1, 0.15) is 27.7 Å². The quantitative estimate of drug-likeness (QED) is 0.908. The molecule has 0 fully saturated rings. The lowest BCUT2D eigenvalue weighted by Crippen LogP contribution is -2.38. The minimum Gasteiger partial charge on any atom is -0.444 e. The van der Waals surface area contributed by atoms with Gasteiger partial charge >= 0.3 is 6.09 Å². The van der Waals surface area contributed by atoms with Gasteiger partial charge in [0, 0.05) is 30.7 Å². The number of amides is 1. The summed E-state index contributed by atoms with van der Waals surface area (Å²) in [5.74, 6) is 0. The average Bonchev–Trinajstić information content (AvgIpc) is 2.43. The highest BCUT2D eigenvalue weighted by Gasteiger charge is 2.16. The number of nitrogens with zero attached hydrogens (tertiary/aromatic N) is 2. The molecule has 1 heterocycles. The van der Waals surface area contributed by atoms with Gasteiger partial charge in [0.2, 0.25) is 0 Å². The van der Waals surface area contributed by atoms with E-state index in [1.54, 1.807) is 12.4 Å². The van der Waals surface area contributed by atoms with Crippen LogP contribution in [0.15, 0.2) is 30.6 Å². The Morgan fingerprint density at radius 3 is 2.59 bits per heavy atom. The van der Waals surface area contributed by atoms with Gasteiger partial charge in [0.1, 0.15) is 5.60 Å². The number of fused-ring (bicyclic) bond motifs is 1. The molecule has 6 nitrogen and oxygen atoms in total. The molecule has 22 heavy (non-hydrogen) atoms. The van der Waals surface area contributed by atoms with Crippen molar-refractivity contribution in [3.8, 4) is 0 Å². The van der Waals surface area contributed by atoms with Gasteiger partial charge in [-0.05, 0) is 45.9 Å². The van der Waals surface area contributed by atoms with Crippen LogP contribution in [0, 0.1) is 0 Å². The molecule has 0 radical (unpaired) electrons. The second-order valence-electron chi connectivity index (χ2n) is 6.19. The van der Waals surface area contributed by atoms with Gasteiger partial charge < -0.3 is 15.4 Å². The first-order chi connectivity index (χ1) is 10.3. The molecule has 2 rings (SSSR count). The summed E-state index contributed by atoms with van der Waals surface area (Å²) in [6, 6.07) is 5.85. The molecule has 1 unspecified atom stereocenters. The third kappa shape index (κ3) is 4.87.